The van der Waals surface area contributed by atoms with E-state index in [2.05, 4.69) is 10.1 Å². The highest BCUT2D eigenvalue weighted by molar-refractivity contribution is 6.29. The molecule has 0 spiro atoms. The Balaban J connectivity index is 1.91. The van der Waals surface area contributed by atoms with Crippen molar-refractivity contribution < 1.29 is 18.3 Å². The molecular weight excluding hydrogens is 360 g/mol. The number of benzene rings is 3. The lowest BCUT2D eigenvalue weighted by atomic mass is 10.0. The second-order valence-corrected chi connectivity index (χ2v) is 6.20. The van der Waals surface area contributed by atoms with Crippen molar-refractivity contribution in [3.8, 4) is 5.75 Å². The number of nitrogens with one attached hydrogen (secondary N) is 1. The second-order valence-electron chi connectivity index (χ2n) is 6.20. The molecule has 142 valence electrons. The molecule has 3 aromatic rings. The van der Waals surface area contributed by atoms with Crippen molar-refractivity contribution >= 4 is 23.2 Å². The summed E-state index contributed by atoms with van der Waals surface area (Å²) in [5.74, 6) is -0.192. The molecule has 3 nitrogen and oxygen atoms in total. The highest BCUT2D eigenvalue weighted by Crippen LogP contribution is 2.23. The van der Waals surface area contributed by atoms with Crippen LogP contribution in [0.5, 0.6) is 5.75 Å². The average Bonchev–Trinajstić information content (AvgIpc) is 2.67. The van der Waals surface area contributed by atoms with E-state index in [-0.39, 0.29) is 11.7 Å². The molecule has 0 atom stereocenters. The minimum absolute atomic E-state index is 0.0672. The van der Waals surface area contributed by atoms with Gasteiger partial charge >= 0.3 is 6.61 Å². The number of rotatable bonds is 6. The first-order valence-corrected chi connectivity index (χ1v) is 8.71. The molecule has 1 N–H and O–H groups in total. The zero-order valence-electron chi connectivity index (χ0n) is 15.2. The molecule has 0 aliphatic carbocycles. The summed E-state index contributed by atoms with van der Waals surface area (Å²) in [6.07, 6.45) is 1.71. The SMILES string of the molecule is Cc1cccc(NC(=O)C(=Cc2ccc(OC(F)F)cc2)c2ccccc2)c1. The van der Waals surface area contributed by atoms with E-state index in [9.17, 15) is 13.6 Å². The van der Waals surface area contributed by atoms with Crippen LogP contribution < -0.4 is 10.1 Å². The fourth-order valence-corrected chi connectivity index (χ4v) is 2.73. The third-order valence-corrected chi connectivity index (χ3v) is 4.02. The smallest absolute Gasteiger partial charge is 0.387 e. The summed E-state index contributed by atoms with van der Waals surface area (Å²) >= 11 is 0. The molecule has 0 saturated heterocycles. The molecule has 0 aliphatic heterocycles. The van der Waals surface area contributed by atoms with E-state index in [1.54, 1.807) is 18.2 Å². The quantitative estimate of drug-likeness (QED) is 0.436. The Morgan fingerprint density at radius 2 is 1.68 bits per heavy atom. The van der Waals surface area contributed by atoms with Crippen LogP contribution in [0.25, 0.3) is 11.6 Å². The van der Waals surface area contributed by atoms with Crippen molar-refractivity contribution in [2.45, 2.75) is 13.5 Å². The van der Waals surface area contributed by atoms with Crippen molar-refractivity contribution in [2.75, 3.05) is 5.32 Å². The van der Waals surface area contributed by atoms with E-state index in [0.717, 1.165) is 11.1 Å². The van der Waals surface area contributed by atoms with Crippen molar-refractivity contribution in [1.29, 1.82) is 0 Å². The van der Waals surface area contributed by atoms with Gasteiger partial charge in [-0.1, -0.05) is 54.6 Å². The predicted octanol–water partition coefficient (Wildman–Crippen LogP) is 5.78. The number of ether oxygens (including phenoxy) is 1. The van der Waals surface area contributed by atoms with Gasteiger partial charge in [-0.05, 0) is 54.0 Å². The van der Waals surface area contributed by atoms with Crippen LogP contribution in [0.4, 0.5) is 14.5 Å². The Morgan fingerprint density at radius 1 is 0.964 bits per heavy atom. The van der Waals surface area contributed by atoms with Gasteiger partial charge in [-0.15, -0.1) is 0 Å². The molecule has 1 amide bonds. The van der Waals surface area contributed by atoms with Gasteiger partial charge in [0.25, 0.3) is 5.91 Å². The summed E-state index contributed by atoms with van der Waals surface area (Å²) in [4.78, 5) is 12.9. The molecule has 0 bridgehead atoms. The maximum absolute atomic E-state index is 12.9. The van der Waals surface area contributed by atoms with Gasteiger partial charge in [0.05, 0.1) is 0 Å². The molecule has 0 radical (unpaired) electrons. The lowest BCUT2D eigenvalue weighted by Crippen LogP contribution is -2.13. The van der Waals surface area contributed by atoms with Crippen LogP contribution in [0.3, 0.4) is 0 Å². The normalized spacial score (nSPS) is 11.4. The van der Waals surface area contributed by atoms with E-state index >= 15 is 0 Å². The zero-order valence-corrected chi connectivity index (χ0v) is 15.2. The summed E-state index contributed by atoms with van der Waals surface area (Å²) in [5.41, 5.74) is 3.65. The Kier molecular flexibility index (Phi) is 6.17. The van der Waals surface area contributed by atoms with E-state index in [4.69, 9.17) is 0 Å². The number of aryl methyl sites for hydroxylation is 1. The monoisotopic (exact) mass is 379 g/mol. The first kappa shape index (κ1) is 19.3. The van der Waals surface area contributed by atoms with Crippen LogP contribution in [0.2, 0.25) is 0 Å². The molecule has 3 aromatic carbocycles. The van der Waals surface area contributed by atoms with Gasteiger partial charge in [-0.3, -0.25) is 4.79 Å². The van der Waals surface area contributed by atoms with Crippen LogP contribution >= 0.6 is 0 Å². The summed E-state index contributed by atoms with van der Waals surface area (Å²) in [7, 11) is 0. The second kappa shape index (κ2) is 8.95. The highest BCUT2D eigenvalue weighted by atomic mass is 19.3. The number of anilines is 1. The molecule has 0 fully saturated rings. The molecule has 28 heavy (non-hydrogen) atoms. The number of carbonyl (C=O) groups excluding carboxylic acids is 1. The van der Waals surface area contributed by atoms with Gasteiger partial charge in [0.15, 0.2) is 0 Å². The fraction of sp³-hybridized carbons (Fsp3) is 0.0870. The number of hydrogen-bond donors (Lipinski definition) is 1. The molecule has 0 aromatic heterocycles. The minimum Gasteiger partial charge on any atom is -0.435 e. The summed E-state index contributed by atoms with van der Waals surface area (Å²) in [6, 6.07) is 22.9. The number of amides is 1. The first-order valence-electron chi connectivity index (χ1n) is 8.71. The molecule has 3 rings (SSSR count). The molecular formula is C23H19F2NO2. The van der Waals surface area contributed by atoms with E-state index in [1.165, 1.54) is 12.1 Å². The summed E-state index contributed by atoms with van der Waals surface area (Å²) in [5, 5.41) is 2.91. The van der Waals surface area contributed by atoms with Gasteiger partial charge in [-0.2, -0.15) is 8.78 Å². The van der Waals surface area contributed by atoms with Crippen molar-refractivity contribution in [1.82, 2.24) is 0 Å². The summed E-state index contributed by atoms with van der Waals surface area (Å²) < 4.78 is 29.0. The van der Waals surface area contributed by atoms with Crippen LogP contribution in [-0.4, -0.2) is 12.5 Å². The van der Waals surface area contributed by atoms with E-state index in [0.29, 0.717) is 16.8 Å². The standard InChI is InChI=1S/C23H19F2NO2/c1-16-6-5-9-19(14-16)26-22(27)21(18-7-3-2-4-8-18)15-17-10-12-20(13-11-17)28-23(24)25/h2-15,23H,1H3,(H,26,27). The lowest BCUT2D eigenvalue weighted by molar-refractivity contribution is -0.111. The summed E-state index contributed by atoms with van der Waals surface area (Å²) in [6.45, 7) is -0.923. The Morgan fingerprint density at radius 3 is 2.32 bits per heavy atom. The van der Waals surface area contributed by atoms with Gasteiger partial charge in [0.1, 0.15) is 5.75 Å². The van der Waals surface area contributed by atoms with Gasteiger partial charge in [0, 0.05) is 11.3 Å². The molecule has 5 heteroatoms. The minimum atomic E-state index is -2.87. The largest absolute Gasteiger partial charge is 0.435 e. The van der Waals surface area contributed by atoms with Crippen molar-refractivity contribution in [3.05, 3.63) is 95.6 Å². The van der Waals surface area contributed by atoms with Crippen LogP contribution in [0, 0.1) is 6.92 Å². The third-order valence-electron chi connectivity index (χ3n) is 4.02. The van der Waals surface area contributed by atoms with Crippen LogP contribution in [0.15, 0.2) is 78.9 Å². The predicted molar refractivity (Wildman–Crippen MR) is 107 cm³/mol. The fourth-order valence-electron chi connectivity index (χ4n) is 2.73. The van der Waals surface area contributed by atoms with E-state index < -0.39 is 6.61 Å². The third kappa shape index (κ3) is 5.27. The van der Waals surface area contributed by atoms with Gasteiger partial charge in [-0.25, -0.2) is 0 Å². The zero-order chi connectivity index (χ0) is 19.9. The van der Waals surface area contributed by atoms with Crippen molar-refractivity contribution in [2.24, 2.45) is 0 Å². The maximum Gasteiger partial charge on any atom is 0.387 e. The first-order chi connectivity index (χ1) is 13.5. The number of halogens is 2. The van der Waals surface area contributed by atoms with Crippen molar-refractivity contribution in [3.63, 3.8) is 0 Å². The Labute approximate surface area is 162 Å². The highest BCUT2D eigenvalue weighted by Gasteiger charge is 2.13. The average molecular weight is 379 g/mol. The number of alkyl halides is 2. The Bertz CT molecular complexity index is 967. The molecule has 0 saturated carbocycles. The molecule has 0 aliphatic rings. The lowest BCUT2D eigenvalue weighted by Gasteiger charge is -2.11. The maximum atomic E-state index is 12.9. The number of carbonyl (C=O) groups is 1. The van der Waals surface area contributed by atoms with E-state index in [1.807, 2.05) is 61.5 Å². The van der Waals surface area contributed by atoms with Crippen LogP contribution in [0.1, 0.15) is 16.7 Å². The molecule has 0 heterocycles. The Hall–Kier alpha value is -3.47. The topological polar surface area (TPSA) is 38.3 Å². The van der Waals surface area contributed by atoms with Gasteiger partial charge in [0.2, 0.25) is 0 Å². The van der Waals surface area contributed by atoms with Gasteiger partial charge < -0.3 is 10.1 Å². The molecule has 0 unspecified atom stereocenters. The number of hydrogen-bond acceptors (Lipinski definition) is 2. The van der Waals surface area contributed by atoms with Crippen LogP contribution in [-0.2, 0) is 4.79 Å².